The van der Waals surface area contributed by atoms with Gasteiger partial charge in [-0.1, -0.05) is 39.3 Å². The molecule has 5 nitrogen and oxygen atoms in total. The predicted octanol–water partition coefficient (Wildman–Crippen LogP) is 7.82. The molecule has 1 aromatic heterocycles. The standard InChI is InChI=1S/C22H28N2O.C9H15F2NO/c1-5-15(3)11-12-25-22-10-8-18(13-17(22)6-2)19-7-9-20-21(14-19)24-16(4)23-20;1-7(13)12-4-2-8(3-5-12)6-9(10)11/h7-10,13-15H,5-6,11-12H2,1-4H3,(H,23,24);8-9H,2-6H2,1H3. The molecule has 208 valence electrons. The average Bonchev–Trinajstić information content (AvgIpc) is 3.28. The Kier molecular flexibility index (Phi) is 11.1. The van der Waals surface area contributed by atoms with Crippen molar-refractivity contribution in [1.29, 1.82) is 0 Å². The number of hydrogen-bond donors (Lipinski definition) is 1. The average molecular weight is 528 g/mol. The number of aromatic nitrogens is 2. The normalized spacial score (nSPS) is 14.9. The number of nitrogens with zero attached hydrogens (tertiary/aromatic N) is 2. The van der Waals surface area contributed by atoms with Gasteiger partial charge in [0.05, 0.1) is 17.6 Å². The molecule has 1 atom stereocenters. The van der Waals surface area contributed by atoms with E-state index in [9.17, 15) is 13.6 Å². The topological polar surface area (TPSA) is 58.2 Å². The van der Waals surface area contributed by atoms with Crippen LogP contribution in [0, 0.1) is 18.8 Å². The lowest BCUT2D eigenvalue weighted by Crippen LogP contribution is -2.37. The highest BCUT2D eigenvalue weighted by atomic mass is 19.3. The summed E-state index contributed by atoms with van der Waals surface area (Å²) in [4.78, 5) is 20.4. The fraction of sp³-hybridized carbons (Fsp3) is 0.548. The third-order valence-electron chi connectivity index (χ3n) is 7.51. The van der Waals surface area contributed by atoms with E-state index >= 15 is 0 Å². The molecule has 1 fully saturated rings. The summed E-state index contributed by atoms with van der Waals surface area (Å²) < 4.78 is 30.0. The van der Waals surface area contributed by atoms with Gasteiger partial charge in [0, 0.05) is 26.4 Å². The van der Waals surface area contributed by atoms with Crippen LogP contribution in [-0.4, -0.2) is 46.9 Å². The quantitative estimate of drug-likeness (QED) is 0.309. The SMILES string of the molecule is CC(=O)N1CCC(CC(F)F)CC1.CCc1cc(-c2ccc3nc(C)[nH]c3c2)ccc1OCCC(C)CC. The second-order valence-corrected chi connectivity index (χ2v) is 10.5. The van der Waals surface area contributed by atoms with Crippen LogP contribution in [0.15, 0.2) is 36.4 Å². The molecule has 0 spiro atoms. The summed E-state index contributed by atoms with van der Waals surface area (Å²) in [5, 5.41) is 0. The highest BCUT2D eigenvalue weighted by Crippen LogP contribution is 2.29. The number of halogens is 2. The van der Waals surface area contributed by atoms with E-state index in [0.29, 0.717) is 19.0 Å². The van der Waals surface area contributed by atoms with Crippen molar-refractivity contribution >= 4 is 16.9 Å². The molecule has 1 saturated heterocycles. The van der Waals surface area contributed by atoms with Gasteiger partial charge in [-0.3, -0.25) is 4.79 Å². The van der Waals surface area contributed by atoms with Crippen LogP contribution in [0.25, 0.3) is 22.2 Å². The molecular weight excluding hydrogens is 484 g/mol. The molecule has 7 heteroatoms. The van der Waals surface area contributed by atoms with Crippen LogP contribution in [0.3, 0.4) is 0 Å². The Bertz CT molecular complexity index is 1170. The summed E-state index contributed by atoms with van der Waals surface area (Å²) in [6, 6.07) is 12.9. The Morgan fingerprint density at radius 1 is 1.13 bits per heavy atom. The molecule has 0 radical (unpaired) electrons. The van der Waals surface area contributed by atoms with Crippen molar-refractivity contribution < 1.29 is 18.3 Å². The van der Waals surface area contributed by atoms with E-state index in [0.717, 1.165) is 54.9 Å². The fourth-order valence-electron chi connectivity index (χ4n) is 4.80. The maximum Gasteiger partial charge on any atom is 0.238 e. The second kappa shape index (κ2) is 14.3. The summed E-state index contributed by atoms with van der Waals surface area (Å²) in [6.07, 6.45) is 2.53. The van der Waals surface area contributed by atoms with Gasteiger partial charge in [-0.25, -0.2) is 13.8 Å². The molecule has 1 amide bonds. The Morgan fingerprint density at radius 3 is 2.45 bits per heavy atom. The van der Waals surface area contributed by atoms with Crippen LogP contribution in [0.4, 0.5) is 8.78 Å². The zero-order chi connectivity index (χ0) is 27.7. The monoisotopic (exact) mass is 527 g/mol. The second-order valence-electron chi connectivity index (χ2n) is 10.5. The minimum atomic E-state index is -2.20. The van der Waals surface area contributed by atoms with Gasteiger partial charge in [-0.2, -0.15) is 0 Å². The third kappa shape index (κ3) is 8.53. The first-order valence-corrected chi connectivity index (χ1v) is 14.0. The van der Waals surface area contributed by atoms with Crippen molar-refractivity contribution in [2.45, 2.75) is 79.6 Å². The number of imidazole rings is 1. The smallest absolute Gasteiger partial charge is 0.238 e. The number of nitrogens with one attached hydrogen (secondary N) is 1. The van der Waals surface area contributed by atoms with E-state index in [1.165, 1.54) is 30.0 Å². The number of likely N-dealkylation sites (tertiary alicyclic amines) is 1. The number of aromatic amines is 1. The highest BCUT2D eigenvalue weighted by Gasteiger charge is 2.23. The van der Waals surface area contributed by atoms with Crippen molar-refractivity contribution in [2.24, 2.45) is 11.8 Å². The van der Waals surface area contributed by atoms with Crippen LogP contribution in [0.1, 0.15) is 71.2 Å². The molecule has 1 aliphatic rings. The number of carbonyl (C=O) groups is 1. The summed E-state index contributed by atoms with van der Waals surface area (Å²) >= 11 is 0. The van der Waals surface area contributed by atoms with Crippen LogP contribution in [-0.2, 0) is 11.2 Å². The number of aryl methyl sites for hydroxylation is 2. The molecule has 0 aliphatic carbocycles. The minimum absolute atomic E-state index is 0.00819. The van der Waals surface area contributed by atoms with E-state index in [1.54, 1.807) is 4.90 Å². The number of amides is 1. The van der Waals surface area contributed by atoms with Gasteiger partial charge in [0.2, 0.25) is 12.3 Å². The van der Waals surface area contributed by atoms with Gasteiger partial charge >= 0.3 is 0 Å². The van der Waals surface area contributed by atoms with Gasteiger partial charge in [-0.05, 0) is 85.4 Å². The predicted molar refractivity (Wildman–Crippen MR) is 151 cm³/mol. The van der Waals surface area contributed by atoms with E-state index in [2.05, 4.69) is 67.1 Å². The van der Waals surface area contributed by atoms with Crippen molar-refractivity contribution in [3.63, 3.8) is 0 Å². The number of fused-ring (bicyclic) bond motifs is 1. The van der Waals surface area contributed by atoms with Crippen molar-refractivity contribution in [3.05, 3.63) is 47.8 Å². The number of alkyl halides is 2. The van der Waals surface area contributed by atoms with Gasteiger partial charge in [0.25, 0.3) is 0 Å². The van der Waals surface area contributed by atoms with E-state index in [-0.39, 0.29) is 18.2 Å². The number of hydrogen-bond acceptors (Lipinski definition) is 3. The molecule has 0 bridgehead atoms. The number of ether oxygens (including phenoxy) is 1. The minimum Gasteiger partial charge on any atom is -0.493 e. The summed E-state index contributed by atoms with van der Waals surface area (Å²) in [6.45, 7) is 12.3. The molecule has 0 saturated carbocycles. The third-order valence-corrected chi connectivity index (χ3v) is 7.51. The summed E-state index contributed by atoms with van der Waals surface area (Å²) in [5.41, 5.74) is 5.80. The molecule has 1 unspecified atom stereocenters. The van der Waals surface area contributed by atoms with Crippen molar-refractivity contribution in [1.82, 2.24) is 14.9 Å². The van der Waals surface area contributed by atoms with Crippen LogP contribution < -0.4 is 4.74 Å². The molecule has 1 N–H and O–H groups in total. The van der Waals surface area contributed by atoms with Crippen LogP contribution >= 0.6 is 0 Å². The van der Waals surface area contributed by atoms with Crippen molar-refractivity contribution in [2.75, 3.05) is 19.7 Å². The molecular formula is C31H43F2N3O2. The number of benzene rings is 2. The van der Waals surface area contributed by atoms with Gasteiger partial charge in [-0.15, -0.1) is 0 Å². The number of carbonyl (C=O) groups excluding carboxylic acids is 1. The zero-order valence-electron chi connectivity index (χ0n) is 23.5. The maximum atomic E-state index is 12.0. The van der Waals surface area contributed by atoms with Gasteiger partial charge in [0.1, 0.15) is 11.6 Å². The Labute approximate surface area is 226 Å². The Morgan fingerprint density at radius 2 is 1.82 bits per heavy atom. The first-order chi connectivity index (χ1) is 18.2. The first-order valence-electron chi connectivity index (χ1n) is 14.0. The zero-order valence-corrected chi connectivity index (χ0v) is 23.5. The highest BCUT2D eigenvalue weighted by molar-refractivity contribution is 5.82. The number of rotatable bonds is 9. The van der Waals surface area contributed by atoms with E-state index in [4.69, 9.17) is 4.74 Å². The molecule has 4 rings (SSSR count). The lowest BCUT2D eigenvalue weighted by atomic mass is 9.94. The van der Waals surface area contributed by atoms with Gasteiger partial charge in [0.15, 0.2) is 0 Å². The van der Waals surface area contributed by atoms with E-state index in [1.807, 2.05) is 6.92 Å². The molecule has 1 aliphatic heterocycles. The summed E-state index contributed by atoms with van der Waals surface area (Å²) in [7, 11) is 0. The molecule has 3 aromatic rings. The van der Waals surface area contributed by atoms with Crippen LogP contribution in [0.5, 0.6) is 5.75 Å². The van der Waals surface area contributed by atoms with E-state index < -0.39 is 6.43 Å². The number of H-pyrrole nitrogens is 1. The molecule has 2 aromatic carbocycles. The number of piperidine rings is 1. The Balaban J connectivity index is 0.000000260. The largest absolute Gasteiger partial charge is 0.493 e. The first kappa shape index (κ1) is 29.6. The summed E-state index contributed by atoms with van der Waals surface area (Å²) in [5.74, 6) is 2.85. The van der Waals surface area contributed by atoms with Crippen LogP contribution in [0.2, 0.25) is 0 Å². The molecule has 38 heavy (non-hydrogen) atoms. The fourth-order valence-corrected chi connectivity index (χ4v) is 4.80. The maximum absolute atomic E-state index is 12.0. The molecule has 2 heterocycles. The lowest BCUT2D eigenvalue weighted by molar-refractivity contribution is -0.130. The Hall–Kier alpha value is -2.96. The van der Waals surface area contributed by atoms with Crippen molar-refractivity contribution in [3.8, 4) is 16.9 Å². The lowest BCUT2D eigenvalue weighted by Gasteiger charge is -2.31. The van der Waals surface area contributed by atoms with Gasteiger partial charge < -0.3 is 14.6 Å².